The van der Waals surface area contributed by atoms with Crippen LogP contribution in [0.25, 0.3) is 0 Å². The summed E-state index contributed by atoms with van der Waals surface area (Å²) >= 11 is 0. The maximum absolute atomic E-state index is 11.5. The van der Waals surface area contributed by atoms with Gasteiger partial charge in [0.15, 0.2) is 0 Å². The molecule has 1 aromatic rings. The van der Waals surface area contributed by atoms with Crippen LogP contribution in [0.4, 0.5) is 17.6 Å². The van der Waals surface area contributed by atoms with E-state index in [0.717, 1.165) is 0 Å². The average Bonchev–Trinajstić information content (AvgIpc) is 2.57. The fraction of sp³-hybridized carbons (Fsp3) is 0.400. The minimum Gasteiger partial charge on any atom is -0.351 e. The van der Waals surface area contributed by atoms with Crippen molar-refractivity contribution < 1.29 is 30.5 Å². The van der Waals surface area contributed by atoms with E-state index in [0.29, 0.717) is 0 Å². The van der Waals surface area contributed by atoms with Crippen LogP contribution in [0.3, 0.4) is 0 Å². The Morgan fingerprint density at radius 2 is 1.93 bits per heavy atom. The number of imidazole rings is 1. The molecular formula is C5H6F4N2O3S. The van der Waals surface area contributed by atoms with Gasteiger partial charge in [0.05, 0.1) is 6.33 Å². The van der Waals surface area contributed by atoms with E-state index in [1.54, 1.807) is 18.7 Å². The molecule has 10 heteroatoms. The van der Waals surface area contributed by atoms with Gasteiger partial charge in [-0.15, -0.1) is 0 Å². The SMILES string of the molecule is O=S(=O)(O)C(F)(F)C(F)F.c1c[nH]cn1. The number of nitrogens with zero attached hydrogens (tertiary/aromatic N) is 1. The predicted molar refractivity (Wildman–Crippen MR) is 41.1 cm³/mol. The fourth-order valence-electron chi connectivity index (χ4n) is 0.328. The topological polar surface area (TPSA) is 83.0 Å². The zero-order valence-corrected chi connectivity index (χ0v) is 7.76. The molecule has 0 radical (unpaired) electrons. The smallest absolute Gasteiger partial charge is 0.351 e. The van der Waals surface area contributed by atoms with E-state index in [-0.39, 0.29) is 0 Å². The van der Waals surface area contributed by atoms with E-state index in [4.69, 9.17) is 4.55 Å². The van der Waals surface area contributed by atoms with Gasteiger partial charge in [-0.2, -0.15) is 17.2 Å². The fourth-order valence-corrected chi connectivity index (χ4v) is 0.553. The van der Waals surface area contributed by atoms with E-state index < -0.39 is 21.8 Å². The number of H-pyrrole nitrogens is 1. The van der Waals surface area contributed by atoms with Crippen LogP contribution in [0.1, 0.15) is 0 Å². The minimum atomic E-state index is -5.98. The Kier molecular flexibility index (Phi) is 4.68. The molecule has 15 heavy (non-hydrogen) atoms. The lowest BCUT2D eigenvalue weighted by Crippen LogP contribution is -2.35. The van der Waals surface area contributed by atoms with Crippen molar-refractivity contribution >= 4 is 10.1 Å². The van der Waals surface area contributed by atoms with Crippen molar-refractivity contribution in [1.29, 1.82) is 0 Å². The summed E-state index contributed by atoms with van der Waals surface area (Å²) in [6.07, 6.45) is 0.669. The number of nitrogens with one attached hydrogen (secondary N) is 1. The van der Waals surface area contributed by atoms with Crippen LogP contribution in [-0.2, 0) is 10.1 Å². The molecule has 0 aliphatic heterocycles. The van der Waals surface area contributed by atoms with E-state index in [1.165, 1.54) is 0 Å². The van der Waals surface area contributed by atoms with Crippen LogP contribution in [0.5, 0.6) is 0 Å². The second-order valence-corrected chi connectivity index (χ2v) is 3.59. The van der Waals surface area contributed by atoms with Crippen LogP contribution in [0, 0.1) is 0 Å². The van der Waals surface area contributed by atoms with Gasteiger partial charge >= 0.3 is 21.8 Å². The maximum atomic E-state index is 11.5. The summed E-state index contributed by atoms with van der Waals surface area (Å²) in [5.41, 5.74) is 0. The molecule has 1 aromatic heterocycles. The Labute approximate surface area is 81.9 Å². The molecule has 2 N–H and O–H groups in total. The zero-order valence-electron chi connectivity index (χ0n) is 6.94. The number of halogens is 4. The average molecular weight is 250 g/mol. The van der Waals surface area contributed by atoms with Crippen molar-refractivity contribution in [2.75, 3.05) is 0 Å². The van der Waals surface area contributed by atoms with Crippen molar-refractivity contribution in [3.8, 4) is 0 Å². The largest absolute Gasteiger partial charge is 0.428 e. The third-order valence-electron chi connectivity index (χ3n) is 1.00. The quantitative estimate of drug-likeness (QED) is 0.609. The summed E-state index contributed by atoms with van der Waals surface area (Å²) in [7, 11) is -5.98. The van der Waals surface area contributed by atoms with Crippen molar-refractivity contribution in [3.63, 3.8) is 0 Å². The summed E-state index contributed by atoms with van der Waals surface area (Å²) in [5, 5.41) is -5.37. The van der Waals surface area contributed by atoms with Crippen LogP contribution < -0.4 is 0 Å². The molecule has 0 saturated heterocycles. The van der Waals surface area contributed by atoms with E-state index >= 15 is 0 Å². The highest BCUT2D eigenvalue weighted by Gasteiger charge is 2.53. The molecule has 5 nitrogen and oxygen atoms in total. The molecule has 0 saturated carbocycles. The molecule has 0 unspecified atom stereocenters. The molecule has 0 atom stereocenters. The normalized spacial score (nSPS) is 12.1. The van der Waals surface area contributed by atoms with E-state index in [2.05, 4.69) is 9.97 Å². The lowest BCUT2D eigenvalue weighted by molar-refractivity contribution is -0.0687. The number of hydrogen-bond donors (Lipinski definition) is 2. The minimum absolute atomic E-state index is 1.62. The lowest BCUT2D eigenvalue weighted by atomic mass is 10.7. The zero-order chi connectivity index (χ0) is 12.1. The third-order valence-corrected chi connectivity index (χ3v) is 1.87. The predicted octanol–water partition coefficient (Wildman–Crippen LogP) is 1.14. The summed E-state index contributed by atoms with van der Waals surface area (Å²) < 4.78 is 71.3. The molecule has 0 aliphatic carbocycles. The van der Waals surface area contributed by atoms with Gasteiger partial charge in [0.1, 0.15) is 0 Å². The van der Waals surface area contributed by atoms with Gasteiger partial charge in [-0.3, -0.25) is 4.55 Å². The Bertz CT molecular complexity index is 346. The molecule has 0 amide bonds. The van der Waals surface area contributed by atoms with E-state index in [1.807, 2.05) is 0 Å². The van der Waals surface area contributed by atoms with Crippen LogP contribution in [-0.4, -0.2) is 34.6 Å². The number of alkyl halides is 4. The molecule has 0 bridgehead atoms. The first-order valence-corrected chi connectivity index (χ1v) is 4.69. The van der Waals surface area contributed by atoms with Crippen molar-refractivity contribution in [1.82, 2.24) is 9.97 Å². The van der Waals surface area contributed by atoms with Crippen LogP contribution in [0.2, 0.25) is 0 Å². The second-order valence-electron chi connectivity index (χ2n) is 2.10. The van der Waals surface area contributed by atoms with Gasteiger partial charge in [0.2, 0.25) is 0 Å². The van der Waals surface area contributed by atoms with Crippen molar-refractivity contribution in [2.45, 2.75) is 11.7 Å². The van der Waals surface area contributed by atoms with Crippen LogP contribution in [0.15, 0.2) is 18.7 Å². The molecule has 88 valence electrons. The first kappa shape index (κ1) is 13.8. The number of rotatable bonds is 2. The summed E-state index contributed by atoms with van der Waals surface area (Å²) in [5.74, 6) is 0. The molecule has 1 heterocycles. The lowest BCUT2D eigenvalue weighted by Gasteiger charge is -2.09. The van der Waals surface area contributed by atoms with Crippen molar-refractivity contribution in [2.24, 2.45) is 0 Å². The van der Waals surface area contributed by atoms with Gasteiger partial charge in [-0.05, 0) is 0 Å². The molecule has 0 aromatic carbocycles. The molecule has 1 rings (SSSR count). The van der Waals surface area contributed by atoms with Gasteiger partial charge in [-0.1, -0.05) is 0 Å². The molecule has 0 spiro atoms. The number of hydrogen-bond acceptors (Lipinski definition) is 3. The maximum Gasteiger partial charge on any atom is 0.428 e. The Morgan fingerprint density at radius 3 is 2.00 bits per heavy atom. The van der Waals surface area contributed by atoms with Gasteiger partial charge < -0.3 is 4.98 Å². The van der Waals surface area contributed by atoms with Crippen molar-refractivity contribution in [3.05, 3.63) is 18.7 Å². The highest BCUT2D eigenvalue weighted by molar-refractivity contribution is 7.86. The second kappa shape index (κ2) is 5.07. The highest BCUT2D eigenvalue weighted by Crippen LogP contribution is 2.27. The monoisotopic (exact) mass is 250 g/mol. The standard InChI is InChI=1S/C3H4N2.C2H2F4O3S/c1-2-5-3-4-1;3-1(4)2(5,6)10(7,8)9/h1-3H,(H,4,5);1H,(H,7,8,9). The third kappa shape index (κ3) is 4.25. The molecular weight excluding hydrogens is 244 g/mol. The molecule has 0 aliphatic rings. The highest BCUT2D eigenvalue weighted by atomic mass is 32.2. The van der Waals surface area contributed by atoms with Gasteiger partial charge in [0.25, 0.3) is 0 Å². The molecule has 0 fully saturated rings. The first-order chi connectivity index (χ1) is 6.69. The Hall–Kier alpha value is -1.16. The van der Waals surface area contributed by atoms with Crippen LogP contribution >= 0.6 is 0 Å². The Morgan fingerprint density at radius 1 is 1.40 bits per heavy atom. The van der Waals surface area contributed by atoms with Gasteiger partial charge in [-0.25, -0.2) is 13.8 Å². The number of aromatic amines is 1. The summed E-state index contributed by atoms with van der Waals surface area (Å²) in [6.45, 7) is 0. The summed E-state index contributed by atoms with van der Waals surface area (Å²) in [4.78, 5) is 6.42. The number of aromatic nitrogens is 2. The Balaban J connectivity index is 0.000000322. The van der Waals surface area contributed by atoms with Gasteiger partial charge in [0, 0.05) is 12.4 Å². The summed E-state index contributed by atoms with van der Waals surface area (Å²) in [6, 6.07) is 0. The van der Waals surface area contributed by atoms with E-state index in [9.17, 15) is 26.0 Å². The first-order valence-electron chi connectivity index (χ1n) is 3.25.